The zero-order valence-corrected chi connectivity index (χ0v) is 10.6. The standard InChI is InChI=1S/C11H14N4OS/c1-8(2)15-7-13-14-11(15)17-6-10(16)9-4-3-5-12-9/h3-5,7-8,12H,6H2,1-2H3. The summed E-state index contributed by atoms with van der Waals surface area (Å²) in [4.78, 5) is 14.7. The van der Waals surface area contributed by atoms with Gasteiger partial charge in [-0.3, -0.25) is 4.79 Å². The summed E-state index contributed by atoms with van der Waals surface area (Å²) in [5, 5.41) is 8.64. The molecule has 0 aliphatic carbocycles. The van der Waals surface area contributed by atoms with E-state index in [1.807, 2.05) is 10.6 Å². The second-order valence-corrected chi connectivity index (χ2v) is 4.85. The molecule has 0 aromatic carbocycles. The molecule has 2 rings (SSSR count). The Kier molecular flexibility index (Phi) is 3.63. The van der Waals surface area contributed by atoms with Gasteiger partial charge in [-0.05, 0) is 26.0 Å². The van der Waals surface area contributed by atoms with Crippen molar-refractivity contribution >= 4 is 17.5 Å². The van der Waals surface area contributed by atoms with E-state index >= 15 is 0 Å². The van der Waals surface area contributed by atoms with E-state index in [2.05, 4.69) is 29.0 Å². The monoisotopic (exact) mass is 250 g/mol. The molecule has 17 heavy (non-hydrogen) atoms. The van der Waals surface area contributed by atoms with E-state index in [0.29, 0.717) is 17.5 Å². The second-order valence-electron chi connectivity index (χ2n) is 3.91. The first-order valence-electron chi connectivity index (χ1n) is 5.37. The highest BCUT2D eigenvalue weighted by Gasteiger charge is 2.12. The van der Waals surface area contributed by atoms with Crippen LogP contribution in [0.2, 0.25) is 0 Å². The fourth-order valence-electron chi connectivity index (χ4n) is 1.40. The molecule has 5 nitrogen and oxygen atoms in total. The highest BCUT2D eigenvalue weighted by Crippen LogP contribution is 2.19. The Morgan fingerprint density at radius 2 is 2.41 bits per heavy atom. The van der Waals surface area contributed by atoms with Crippen LogP contribution >= 0.6 is 11.8 Å². The number of rotatable bonds is 5. The van der Waals surface area contributed by atoms with Crippen molar-refractivity contribution in [1.29, 1.82) is 0 Å². The number of carbonyl (C=O) groups excluding carboxylic acids is 1. The largest absolute Gasteiger partial charge is 0.359 e. The normalized spacial score (nSPS) is 11.0. The Morgan fingerprint density at radius 3 is 3.06 bits per heavy atom. The van der Waals surface area contributed by atoms with Gasteiger partial charge in [0.25, 0.3) is 0 Å². The second kappa shape index (κ2) is 5.18. The van der Waals surface area contributed by atoms with Crippen LogP contribution in [0.4, 0.5) is 0 Å². The fourth-order valence-corrected chi connectivity index (χ4v) is 2.33. The van der Waals surface area contributed by atoms with Crippen molar-refractivity contribution < 1.29 is 4.79 Å². The summed E-state index contributed by atoms with van der Waals surface area (Å²) in [7, 11) is 0. The molecule has 2 heterocycles. The van der Waals surface area contributed by atoms with E-state index in [0.717, 1.165) is 5.16 Å². The summed E-state index contributed by atoms with van der Waals surface area (Å²) in [5.41, 5.74) is 0.633. The van der Waals surface area contributed by atoms with Crippen molar-refractivity contribution in [3.63, 3.8) is 0 Å². The number of aromatic amines is 1. The van der Waals surface area contributed by atoms with Gasteiger partial charge in [0, 0.05) is 12.2 Å². The summed E-state index contributed by atoms with van der Waals surface area (Å²) < 4.78 is 1.95. The molecule has 0 unspecified atom stereocenters. The molecule has 1 N–H and O–H groups in total. The van der Waals surface area contributed by atoms with Gasteiger partial charge in [-0.15, -0.1) is 10.2 Å². The highest BCUT2D eigenvalue weighted by atomic mass is 32.2. The molecule has 0 saturated heterocycles. The van der Waals surface area contributed by atoms with Gasteiger partial charge in [0.1, 0.15) is 6.33 Å². The number of hydrogen-bond acceptors (Lipinski definition) is 4. The molecular formula is C11H14N4OS. The molecule has 2 aromatic rings. The predicted molar refractivity (Wildman–Crippen MR) is 66.3 cm³/mol. The van der Waals surface area contributed by atoms with Crippen LogP contribution in [-0.4, -0.2) is 31.3 Å². The quantitative estimate of drug-likeness (QED) is 0.652. The van der Waals surface area contributed by atoms with Crippen molar-refractivity contribution in [1.82, 2.24) is 19.7 Å². The minimum atomic E-state index is 0.0679. The molecule has 0 bridgehead atoms. The van der Waals surface area contributed by atoms with Crippen LogP contribution in [0.25, 0.3) is 0 Å². The molecule has 0 aliphatic rings. The third-order valence-corrected chi connectivity index (χ3v) is 3.28. The highest BCUT2D eigenvalue weighted by molar-refractivity contribution is 7.99. The minimum Gasteiger partial charge on any atom is -0.359 e. The molecule has 0 amide bonds. The van der Waals surface area contributed by atoms with E-state index in [1.54, 1.807) is 18.6 Å². The smallest absolute Gasteiger partial charge is 0.191 e. The maximum Gasteiger partial charge on any atom is 0.191 e. The van der Waals surface area contributed by atoms with E-state index in [9.17, 15) is 4.79 Å². The van der Waals surface area contributed by atoms with Crippen LogP contribution in [0, 0.1) is 0 Å². The zero-order chi connectivity index (χ0) is 12.3. The first-order valence-corrected chi connectivity index (χ1v) is 6.36. The van der Waals surface area contributed by atoms with Gasteiger partial charge in [0.05, 0.1) is 11.4 Å². The first-order chi connectivity index (χ1) is 8.18. The maximum atomic E-state index is 11.8. The van der Waals surface area contributed by atoms with Crippen molar-refractivity contribution in [2.45, 2.75) is 25.0 Å². The van der Waals surface area contributed by atoms with E-state index in [4.69, 9.17) is 0 Å². The molecule has 90 valence electrons. The van der Waals surface area contributed by atoms with Crippen LogP contribution in [0.5, 0.6) is 0 Å². The number of nitrogens with zero attached hydrogens (tertiary/aromatic N) is 3. The van der Waals surface area contributed by atoms with E-state index in [-0.39, 0.29) is 5.78 Å². The Balaban J connectivity index is 1.98. The van der Waals surface area contributed by atoms with Gasteiger partial charge in [0.15, 0.2) is 10.9 Å². The van der Waals surface area contributed by atoms with Gasteiger partial charge in [0.2, 0.25) is 0 Å². The number of aromatic nitrogens is 4. The fraction of sp³-hybridized carbons (Fsp3) is 0.364. The lowest BCUT2D eigenvalue weighted by atomic mass is 10.3. The average molecular weight is 250 g/mol. The third-order valence-electron chi connectivity index (χ3n) is 2.33. The number of Topliss-reactive ketones (excluding diaryl/α,β-unsaturated/α-hetero) is 1. The molecule has 0 fully saturated rings. The summed E-state index contributed by atoms with van der Waals surface area (Å²) >= 11 is 1.41. The molecular weight excluding hydrogens is 236 g/mol. The Morgan fingerprint density at radius 1 is 1.59 bits per heavy atom. The van der Waals surface area contributed by atoms with Crippen LogP contribution in [-0.2, 0) is 0 Å². The molecule has 0 aliphatic heterocycles. The summed E-state index contributed by atoms with van der Waals surface area (Å²) in [5.74, 6) is 0.435. The van der Waals surface area contributed by atoms with E-state index in [1.165, 1.54) is 11.8 Å². The van der Waals surface area contributed by atoms with Crippen molar-refractivity contribution in [2.75, 3.05) is 5.75 Å². The number of carbonyl (C=O) groups is 1. The Labute approximate surface area is 104 Å². The van der Waals surface area contributed by atoms with Crippen molar-refractivity contribution in [3.8, 4) is 0 Å². The van der Waals surface area contributed by atoms with E-state index < -0.39 is 0 Å². The lowest BCUT2D eigenvalue weighted by Crippen LogP contribution is -2.06. The first kappa shape index (κ1) is 11.9. The number of ketones is 1. The minimum absolute atomic E-state index is 0.0679. The molecule has 0 atom stereocenters. The SMILES string of the molecule is CC(C)n1cnnc1SCC(=O)c1ccc[nH]1. The van der Waals surface area contributed by atoms with Gasteiger partial charge in [-0.1, -0.05) is 11.8 Å². The molecule has 0 saturated carbocycles. The van der Waals surface area contributed by atoms with Crippen LogP contribution in [0.1, 0.15) is 30.4 Å². The van der Waals surface area contributed by atoms with Crippen LogP contribution < -0.4 is 0 Å². The lowest BCUT2D eigenvalue weighted by molar-refractivity contribution is 0.101. The van der Waals surface area contributed by atoms with Crippen LogP contribution in [0.3, 0.4) is 0 Å². The number of nitrogens with one attached hydrogen (secondary N) is 1. The molecule has 0 spiro atoms. The van der Waals surface area contributed by atoms with Crippen molar-refractivity contribution in [3.05, 3.63) is 30.4 Å². The summed E-state index contributed by atoms with van der Waals surface area (Å²) in [6.07, 6.45) is 3.43. The van der Waals surface area contributed by atoms with Crippen LogP contribution in [0.15, 0.2) is 29.8 Å². The predicted octanol–water partition coefficient (Wildman–Crippen LogP) is 2.16. The van der Waals surface area contributed by atoms with Crippen molar-refractivity contribution in [2.24, 2.45) is 0 Å². The zero-order valence-electron chi connectivity index (χ0n) is 9.75. The van der Waals surface area contributed by atoms with Gasteiger partial charge in [-0.2, -0.15) is 0 Å². The average Bonchev–Trinajstić information content (AvgIpc) is 2.96. The van der Waals surface area contributed by atoms with Gasteiger partial charge < -0.3 is 9.55 Å². The molecule has 0 radical (unpaired) electrons. The Bertz CT molecular complexity index is 489. The molecule has 6 heteroatoms. The van der Waals surface area contributed by atoms with Gasteiger partial charge >= 0.3 is 0 Å². The maximum absolute atomic E-state index is 11.8. The molecule has 2 aromatic heterocycles. The number of thioether (sulfide) groups is 1. The number of H-pyrrole nitrogens is 1. The third kappa shape index (κ3) is 2.76. The topological polar surface area (TPSA) is 63.6 Å². The summed E-state index contributed by atoms with van der Waals surface area (Å²) in [6.45, 7) is 4.11. The Hall–Kier alpha value is -1.56. The summed E-state index contributed by atoms with van der Waals surface area (Å²) in [6, 6.07) is 3.89. The lowest BCUT2D eigenvalue weighted by Gasteiger charge is -2.08. The van der Waals surface area contributed by atoms with Gasteiger partial charge in [-0.25, -0.2) is 0 Å². The number of hydrogen-bond donors (Lipinski definition) is 1.